The Bertz CT molecular complexity index is 758. The SMILES string of the molecule is C=C(CC)[P+](=O)OC(C)(CC)C[C@H]1O[C@@H]([n+]2cccc(C(N)=O)c2)[C@H](O)[C@@H]1O. The molecule has 154 valence electrons. The lowest BCUT2D eigenvalue weighted by atomic mass is 9.93. The van der Waals surface area contributed by atoms with E-state index < -0.39 is 44.1 Å². The van der Waals surface area contributed by atoms with Gasteiger partial charge in [0.1, 0.15) is 17.3 Å². The van der Waals surface area contributed by atoms with Gasteiger partial charge in [-0.15, -0.1) is 4.52 Å². The van der Waals surface area contributed by atoms with Gasteiger partial charge >= 0.3 is 8.03 Å². The molecule has 0 aromatic carbocycles. The molecule has 9 heteroatoms. The van der Waals surface area contributed by atoms with Crippen LogP contribution in [0.15, 0.2) is 36.4 Å². The fraction of sp³-hybridized carbons (Fsp3) is 0.579. The van der Waals surface area contributed by atoms with Gasteiger partial charge < -0.3 is 20.7 Å². The third kappa shape index (κ3) is 5.01. The lowest BCUT2D eigenvalue weighted by Gasteiger charge is -2.26. The Kier molecular flexibility index (Phi) is 7.42. The van der Waals surface area contributed by atoms with Gasteiger partial charge in [0.2, 0.25) is 0 Å². The number of amides is 1. The van der Waals surface area contributed by atoms with Crippen molar-refractivity contribution >= 4 is 13.9 Å². The van der Waals surface area contributed by atoms with Gasteiger partial charge in [-0.25, -0.2) is 0 Å². The zero-order chi connectivity index (χ0) is 21.1. The number of aliphatic hydroxyl groups excluding tert-OH is 2. The van der Waals surface area contributed by atoms with E-state index in [1.165, 1.54) is 10.8 Å². The average Bonchev–Trinajstić information content (AvgIpc) is 2.95. The van der Waals surface area contributed by atoms with Gasteiger partial charge in [0.25, 0.3) is 12.1 Å². The molecular weight excluding hydrogens is 383 g/mol. The summed E-state index contributed by atoms with van der Waals surface area (Å²) >= 11 is 0. The predicted octanol–water partition coefficient (Wildman–Crippen LogP) is 1.93. The van der Waals surface area contributed by atoms with Gasteiger partial charge in [-0.3, -0.25) is 4.79 Å². The largest absolute Gasteiger partial charge is 0.544 e. The summed E-state index contributed by atoms with van der Waals surface area (Å²) < 4.78 is 25.4. The van der Waals surface area contributed by atoms with Gasteiger partial charge in [0.15, 0.2) is 23.8 Å². The number of allylic oxidation sites excluding steroid dienone is 1. The number of ether oxygens (including phenoxy) is 1. The molecule has 1 aliphatic heterocycles. The molecule has 0 bridgehead atoms. The summed E-state index contributed by atoms with van der Waals surface area (Å²) in [7, 11) is -2.05. The van der Waals surface area contributed by atoms with E-state index in [9.17, 15) is 19.6 Å². The predicted molar refractivity (Wildman–Crippen MR) is 103 cm³/mol. The van der Waals surface area contributed by atoms with Crippen LogP contribution in [-0.2, 0) is 13.8 Å². The van der Waals surface area contributed by atoms with Crippen molar-refractivity contribution in [2.24, 2.45) is 5.73 Å². The summed E-state index contributed by atoms with van der Waals surface area (Å²) in [5.74, 6) is -0.606. The molecule has 4 N–H and O–H groups in total. The van der Waals surface area contributed by atoms with Crippen LogP contribution in [0, 0.1) is 0 Å². The summed E-state index contributed by atoms with van der Waals surface area (Å²) in [6, 6.07) is 3.16. The van der Waals surface area contributed by atoms with E-state index in [0.29, 0.717) is 18.2 Å². The molecule has 2 unspecified atom stereocenters. The number of primary amides is 1. The van der Waals surface area contributed by atoms with Crippen LogP contribution in [0.5, 0.6) is 0 Å². The highest BCUT2D eigenvalue weighted by Gasteiger charge is 2.51. The number of pyridine rings is 1. The standard InChI is InChI=1S/C19H28N2O6P/c1-5-12(3)28(25)27-19(4,6-2)10-14-15(22)16(23)18(26-14)21-9-7-8-13(11-21)17(20)24/h7-9,11,14-16,18,22-23H,3,5-6,10H2,1-2,4H3,(H-,20,24)/q+1/p+1/t14-,15-,16-,18-,19?/m1/s1. The highest BCUT2D eigenvalue weighted by molar-refractivity contribution is 7.44. The van der Waals surface area contributed by atoms with Crippen LogP contribution in [0.25, 0.3) is 0 Å². The van der Waals surface area contributed by atoms with Gasteiger partial charge in [0.05, 0.1) is 6.10 Å². The van der Waals surface area contributed by atoms with Crippen LogP contribution in [0.2, 0.25) is 0 Å². The average molecular weight is 412 g/mol. The number of aromatic nitrogens is 1. The molecule has 1 aromatic rings. The van der Waals surface area contributed by atoms with E-state index in [0.717, 1.165) is 0 Å². The lowest BCUT2D eigenvalue weighted by molar-refractivity contribution is -0.765. The van der Waals surface area contributed by atoms with E-state index in [1.54, 1.807) is 25.3 Å². The highest BCUT2D eigenvalue weighted by atomic mass is 31.1. The van der Waals surface area contributed by atoms with Crippen molar-refractivity contribution in [2.45, 2.75) is 70.2 Å². The van der Waals surface area contributed by atoms with Gasteiger partial charge in [-0.05, 0) is 30.6 Å². The lowest BCUT2D eigenvalue weighted by Crippen LogP contribution is -2.46. The van der Waals surface area contributed by atoms with Crippen LogP contribution in [0.4, 0.5) is 0 Å². The number of carbonyl (C=O) groups is 1. The minimum Gasteiger partial charge on any atom is -0.387 e. The summed E-state index contributed by atoms with van der Waals surface area (Å²) in [6.45, 7) is 9.28. The number of rotatable bonds is 9. The molecule has 8 nitrogen and oxygen atoms in total. The minimum absolute atomic E-state index is 0.229. The molecule has 28 heavy (non-hydrogen) atoms. The molecule has 1 saturated heterocycles. The van der Waals surface area contributed by atoms with Crippen molar-refractivity contribution in [3.63, 3.8) is 0 Å². The second kappa shape index (κ2) is 9.20. The van der Waals surface area contributed by atoms with E-state index in [2.05, 4.69) is 6.58 Å². The van der Waals surface area contributed by atoms with E-state index in [1.807, 2.05) is 13.8 Å². The van der Waals surface area contributed by atoms with Crippen molar-refractivity contribution < 1.29 is 33.4 Å². The summed E-state index contributed by atoms with van der Waals surface area (Å²) in [5, 5.41) is 21.5. The van der Waals surface area contributed by atoms with Crippen LogP contribution >= 0.6 is 8.03 Å². The minimum atomic E-state index is -2.05. The highest BCUT2D eigenvalue weighted by Crippen LogP contribution is 2.43. The number of nitrogens with zero attached hydrogens (tertiary/aromatic N) is 1. The number of carbonyl (C=O) groups excluding carboxylic acids is 1. The number of aliphatic hydroxyl groups is 2. The quantitative estimate of drug-likeness (QED) is 0.421. The Morgan fingerprint density at radius 3 is 2.68 bits per heavy atom. The molecule has 0 radical (unpaired) electrons. The van der Waals surface area contributed by atoms with Gasteiger partial charge in [-0.1, -0.05) is 13.8 Å². The Morgan fingerprint density at radius 2 is 2.11 bits per heavy atom. The molecule has 2 rings (SSSR count). The summed E-state index contributed by atoms with van der Waals surface area (Å²) in [4.78, 5) is 11.4. The second-order valence-electron chi connectivity index (χ2n) is 7.23. The molecule has 1 fully saturated rings. The van der Waals surface area contributed by atoms with Crippen molar-refractivity contribution in [1.82, 2.24) is 0 Å². The molecule has 1 amide bonds. The molecule has 1 aliphatic rings. The van der Waals surface area contributed by atoms with Gasteiger partial charge in [-0.2, -0.15) is 4.57 Å². The van der Waals surface area contributed by atoms with E-state index in [4.69, 9.17) is 15.0 Å². The first-order valence-electron chi connectivity index (χ1n) is 9.28. The van der Waals surface area contributed by atoms with Gasteiger partial charge in [0, 0.05) is 18.9 Å². The maximum absolute atomic E-state index is 12.3. The Labute approximate surface area is 165 Å². The van der Waals surface area contributed by atoms with E-state index >= 15 is 0 Å². The van der Waals surface area contributed by atoms with Crippen LogP contribution < -0.4 is 10.3 Å². The number of nitrogens with two attached hydrogens (primary N) is 1. The fourth-order valence-corrected chi connectivity index (χ4v) is 4.00. The fourth-order valence-electron chi connectivity index (χ4n) is 3.01. The zero-order valence-corrected chi connectivity index (χ0v) is 17.3. The van der Waals surface area contributed by atoms with E-state index in [-0.39, 0.29) is 12.0 Å². The van der Waals surface area contributed by atoms with Crippen molar-refractivity contribution in [2.75, 3.05) is 0 Å². The number of hydrogen-bond acceptors (Lipinski definition) is 6. The molecule has 1 aromatic heterocycles. The van der Waals surface area contributed by atoms with Crippen LogP contribution in [0.1, 0.15) is 56.6 Å². The molecule has 2 heterocycles. The zero-order valence-electron chi connectivity index (χ0n) is 16.4. The normalized spacial score (nSPS) is 27.2. The first-order chi connectivity index (χ1) is 13.1. The molecule has 0 aliphatic carbocycles. The first kappa shape index (κ1) is 22.6. The maximum Gasteiger partial charge on any atom is 0.544 e. The topological polar surface area (TPSA) is 123 Å². The third-order valence-electron chi connectivity index (χ3n) is 5.09. The van der Waals surface area contributed by atoms with Crippen LogP contribution in [0.3, 0.4) is 0 Å². The summed E-state index contributed by atoms with van der Waals surface area (Å²) in [6.07, 6.45) is 0.374. The maximum atomic E-state index is 12.3. The molecule has 0 saturated carbocycles. The monoisotopic (exact) mass is 412 g/mol. The second-order valence-corrected chi connectivity index (χ2v) is 8.56. The third-order valence-corrected chi connectivity index (χ3v) is 6.53. The Balaban J connectivity index is 2.16. The van der Waals surface area contributed by atoms with Crippen molar-refractivity contribution in [1.29, 1.82) is 0 Å². The molecular formula is C19H29N2O6P+2. The van der Waals surface area contributed by atoms with Crippen LogP contribution in [-0.4, -0.2) is 40.0 Å². The van der Waals surface area contributed by atoms with Crippen molar-refractivity contribution in [3.8, 4) is 0 Å². The summed E-state index contributed by atoms with van der Waals surface area (Å²) in [5.41, 5.74) is 4.73. The molecule has 0 spiro atoms. The Hall–Kier alpha value is -1.70. The molecule has 6 atom stereocenters. The number of hydrogen-bond donors (Lipinski definition) is 3. The Morgan fingerprint density at radius 1 is 1.43 bits per heavy atom. The smallest absolute Gasteiger partial charge is 0.387 e. The van der Waals surface area contributed by atoms with Crippen molar-refractivity contribution in [3.05, 3.63) is 42.0 Å². The first-order valence-corrected chi connectivity index (χ1v) is 10.5.